The van der Waals surface area contributed by atoms with Crippen molar-refractivity contribution in [2.45, 2.75) is 36.7 Å². The fourth-order valence-electron chi connectivity index (χ4n) is 3.37. The zero-order chi connectivity index (χ0) is 19.5. The van der Waals surface area contributed by atoms with Gasteiger partial charge in [-0.1, -0.05) is 30.3 Å². The third-order valence-electron chi connectivity index (χ3n) is 5.23. The molecule has 0 bridgehead atoms. The van der Waals surface area contributed by atoms with Crippen molar-refractivity contribution >= 4 is 23.6 Å². The molecule has 4 rings (SSSR count). The highest BCUT2D eigenvalue weighted by molar-refractivity contribution is 7.99. The van der Waals surface area contributed by atoms with E-state index in [0.717, 1.165) is 18.6 Å². The van der Waals surface area contributed by atoms with Crippen LogP contribution in [-0.4, -0.2) is 47.2 Å². The van der Waals surface area contributed by atoms with Gasteiger partial charge in [0.1, 0.15) is 6.07 Å². The molecule has 1 atom stereocenters. The minimum atomic E-state index is -0.0758. The van der Waals surface area contributed by atoms with Gasteiger partial charge in [-0.2, -0.15) is 5.26 Å². The molecule has 146 valence electrons. The van der Waals surface area contributed by atoms with Crippen molar-refractivity contribution in [2.24, 2.45) is 0 Å². The Morgan fingerprint density at radius 1 is 1.29 bits per heavy atom. The van der Waals surface area contributed by atoms with Crippen LogP contribution in [0.25, 0.3) is 0 Å². The largest absolute Gasteiger partial charge is 0.423 e. The number of carbonyl (C=O) groups excluding carboxylic acids is 1. The minimum absolute atomic E-state index is 0.0758. The van der Waals surface area contributed by atoms with E-state index < -0.39 is 0 Å². The van der Waals surface area contributed by atoms with Gasteiger partial charge in [0.25, 0.3) is 0 Å². The van der Waals surface area contributed by atoms with E-state index in [4.69, 9.17) is 4.42 Å². The Kier molecular flexibility index (Phi) is 5.58. The van der Waals surface area contributed by atoms with Gasteiger partial charge in [-0.05, 0) is 25.3 Å². The van der Waals surface area contributed by atoms with E-state index in [1.807, 2.05) is 34.9 Å². The molecule has 1 aromatic carbocycles. The molecule has 0 N–H and O–H groups in total. The van der Waals surface area contributed by atoms with E-state index in [-0.39, 0.29) is 11.2 Å². The zero-order valence-electron chi connectivity index (χ0n) is 16.0. The molecule has 7 heteroatoms. The monoisotopic (exact) mass is 396 g/mol. The summed E-state index contributed by atoms with van der Waals surface area (Å²) in [7, 11) is 0. The van der Waals surface area contributed by atoms with Gasteiger partial charge in [0.05, 0.1) is 5.25 Å². The Bertz CT molecular complexity index is 864. The third-order valence-corrected chi connectivity index (χ3v) is 6.43. The summed E-state index contributed by atoms with van der Waals surface area (Å²) in [5.74, 6) is 2.66. The Labute approximate surface area is 169 Å². The van der Waals surface area contributed by atoms with Crippen LogP contribution in [0.5, 0.6) is 0 Å². The molecule has 1 amide bonds. The quantitative estimate of drug-likeness (QED) is 0.745. The lowest BCUT2D eigenvalue weighted by Crippen LogP contribution is -2.50. The maximum atomic E-state index is 12.8. The van der Waals surface area contributed by atoms with Crippen LogP contribution in [-0.2, 0) is 10.5 Å². The highest BCUT2D eigenvalue weighted by atomic mass is 32.2. The van der Waals surface area contributed by atoms with E-state index in [9.17, 15) is 10.1 Å². The van der Waals surface area contributed by atoms with Crippen LogP contribution in [0.4, 0.5) is 5.88 Å². The average molecular weight is 397 g/mol. The van der Waals surface area contributed by atoms with Gasteiger partial charge in [0, 0.05) is 37.8 Å². The number of carbonyl (C=O) groups is 1. The lowest BCUT2D eigenvalue weighted by atomic mass is 10.2. The first-order valence-corrected chi connectivity index (χ1v) is 10.8. The van der Waals surface area contributed by atoms with Crippen molar-refractivity contribution in [3.05, 3.63) is 47.5 Å². The number of aromatic nitrogens is 1. The average Bonchev–Trinajstić information content (AvgIpc) is 3.51. The van der Waals surface area contributed by atoms with Gasteiger partial charge in [0.2, 0.25) is 23.4 Å². The van der Waals surface area contributed by atoms with Crippen molar-refractivity contribution in [1.29, 1.82) is 5.26 Å². The van der Waals surface area contributed by atoms with Gasteiger partial charge in [-0.25, -0.2) is 4.98 Å². The first kappa shape index (κ1) is 18.9. The number of oxazole rings is 1. The fraction of sp³-hybridized carbons (Fsp3) is 0.476. The van der Waals surface area contributed by atoms with Crippen molar-refractivity contribution in [2.75, 3.05) is 31.1 Å². The Balaban J connectivity index is 1.31. The molecular formula is C21H24N4O2S. The molecule has 1 aliphatic heterocycles. The Hall–Kier alpha value is -2.46. The maximum Gasteiger partial charge on any atom is 0.235 e. The summed E-state index contributed by atoms with van der Waals surface area (Å²) in [6.07, 6.45) is 2.18. The van der Waals surface area contributed by atoms with Crippen LogP contribution >= 0.6 is 11.8 Å². The topological polar surface area (TPSA) is 73.4 Å². The Morgan fingerprint density at radius 3 is 2.64 bits per heavy atom. The number of amides is 1. The van der Waals surface area contributed by atoms with Crippen LogP contribution in [0, 0.1) is 11.3 Å². The van der Waals surface area contributed by atoms with Crippen LogP contribution in [0.3, 0.4) is 0 Å². The molecule has 6 nitrogen and oxygen atoms in total. The molecule has 1 saturated heterocycles. The molecule has 2 aliphatic rings. The van der Waals surface area contributed by atoms with E-state index in [0.29, 0.717) is 49.6 Å². The van der Waals surface area contributed by atoms with Crippen LogP contribution in [0.1, 0.15) is 42.8 Å². The second-order valence-electron chi connectivity index (χ2n) is 7.34. The second kappa shape index (κ2) is 8.27. The lowest BCUT2D eigenvalue weighted by molar-refractivity contribution is -0.130. The zero-order valence-corrected chi connectivity index (χ0v) is 16.8. The number of piperazine rings is 1. The number of anilines is 1. The number of thioether (sulfide) groups is 1. The first-order chi connectivity index (χ1) is 13.7. The maximum absolute atomic E-state index is 12.8. The molecule has 0 spiro atoms. The van der Waals surface area contributed by atoms with Gasteiger partial charge < -0.3 is 14.2 Å². The number of benzene rings is 1. The number of nitrogens with zero attached hydrogens (tertiary/aromatic N) is 4. The summed E-state index contributed by atoms with van der Waals surface area (Å²) in [5, 5.41) is 9.29. The van der Waals surface area contributed by atoms with Gasteiger partial charge in [-0.3, -0.25) is 4.79 Å². The predicted molar refractivity (Wildman–Crippen MR) is 109 cm³/mol. The summed E-state index contributed by atoms with van der Waals surface area (Å²) < 4.78 is 5.88. The predicted octanol–water partition coefficient (Wildman–Crippen LogP) is 3.39. The molecule has 28 heavy (non-hydrogen) atoms. The van der Waals surface area contributed by atoms with Crippen LogP contribution in [0.15, 0.2) is 34.7 Å². The molecule has 1 aliphatic carbocycles. The number of rotatable bonds is 6. The number of hydrogen-bond donors (Lipinski definition) is 0. The first-order valence-electron chi connectivity index (χ1n) is 9.76. The molecule has 2 heterocycles. The summed E-state index contributed by atoms with van der Waals surface area (Å²) in [4.78, 5) is 21.1. The van der Waals surface area contributed by atoms with Crippen LogP contribution in [0.2, 0.25) is 0 Å². The Morgan fingerprint density at radius 2 is 2.00 bits per heavy atom. The molecule has 0 radical (unpaired) electrons. The van der Waals surface area contributed by atoms with Crippen molar-refractivity contribution in [3.63, 3.8) is 0 Å². The molecular weight excluding hydrogens is 372 g/mol. The van der Waals surface area contributed by atoms with Crippen molar-refractivity contribution in [3.8, 4) is 6.07 Å². The molecule has 1 aromatic heterocycles. The molecule has 2 aromatic rings. The smallest absolute Gasteiger partial charge is 0.235 e. The van der Waals surface area contributed by atoms with Gasteiger partial charge in [0.15, 0.2) is 0 Å². The van der Waals surface area contributed by atoms with E-state index in [1.165, 1.54) is 5.56 Å². The van der Waals surface area contributed by atoms with Gasteiger partial charge in [-0.15, -0.1) is 11.8 Å². The van der Waals surface area contributed by atoms with E-state index in [2.05, 4.69) is 23.2 Å². The molecule has 1 saturated carbocycles. The second-order valence-corrected chi connectivity index (χ2v) is 8.67. The van der Waals surface area contributed by atoms with E-state index in [1.54, 1.807) is 11.8 Å². The third kappa shape index (κ3) is 4.17. The number of hydrogen-bond acceptors (Lipinski definition) is 6. The lowest BCUT2D eigenvalue weighted by Gasteiger charge is -2.35. The van der Waals surface area contributed by atoms with Gasteiger partial charge >= 0.3 is 0 Å². The van der Waals surface area contributed by atoms with E-state index >= 15 is 0 Å². The highest BCUT2D eigenvalue weighted by Crippen LogP contribution is 2.41. The molecule has 2 fully saturated rings. The fourth-order valence-corrected chi connectivity index (χ4v) is 4.30. The summed E-state index contributed by atoms with van der Waals surface area (Å²) in [6, 6.07) is 12.4. The van der Waals surface area contributed by atoms with Crippen molar-refractivity contribution in [1.82, 2.24) is 9.88 Å². The SMILES string of the molecule is C[C@H](SCc1ccccc1)C(=O)N1CCN(c2oc(C3CC3)nc2C#N)CC1. The summed E-state index contributed by atoms with van der Waals surface area (Å²) in [6.45, 7) is 4.58. The van der Waals surface area contributed by atoms with Crippen molar-refractivity contribution < 1.29 is 9.21 Å². The van der Waals surface area contributed by atoms with Crippen LogP contribution < -0.4 is 4.90 Å². The standard InChI is InChI=1S/C21H24N4O2S/c1-15(28-14-16-5-3-2-4-6-16)20(26)24-9-11-25(12-10-24)21-18(13-22)23-19(27-21)17-7-8-17/h2-6,15,17H,7-12,14H2,1H3/t15-/m0/s1. The normalized spacial score (nSPS) is 18.0. The summed E-state index contributed by atoms with van der Waals surface area (Å²) in [5.41, 5.74) is 1.60. The minimum Gasteiger partial charge on any atom is -0.423 e. The highest BCUT2D eigenvalue weighted by Gasteiger charge is 2.33. The summed E-state index contributed by atoms with van der Waals surface area (Å²) >= 11 is 1.67. The molecule has 0 unspecified atom stereocenters. The number of nitriles is 1.